The van der Waals surface area contributed by atoms with Crippen LogP contribution in [-0.4, -0.2) is 13.0 Å². The fraction of sp³-hybridized carbons (Fsp3) is 0.571. The Kier molecular flexibility index (Phi) is 3.21. The molecule has 0 saturated carbocycles. The van der Waals surface area contributed by atoms with Gasteiger partial charge in [-0.2, -0.15) is 0 Å². The zero-order chi connectivity index (χ0) is 12.6. The summed E-state index contributed by atoms with van der Waals surface area (Å²) in [6, 6.07) is 5.80. The molecular weight excluding hydrogens is 220 g/mol. The van der Waals surface area contributed by atoms with E-state index in [0.717, 1.165) is 11.1 Å². The number of nitrogens with one attached hydrogen (secondary N) is 1. The van der Waals surface area contributed by atoms with E-state index in [0.29, 0.717) is 13.1 Å². The normalized spacial score (nSPS) is 20.5. The van der Waals surface area contributed by atoms with E-state index >= 15 is 0 Å². The Labute approximate surface area is 101 Å². The molecule has 0 radical (unpaired) electrons. The largest absolute Gasteiger partial charge is 0.312 e. The molecular formula is C14H19F2N. The van der Waals surface area contributed by atoms with Crippen molar-refractivity contribution in [3.05, 3.63) is 34.9 Å². The highest BCUT2D eigenvalue weighted by atomic mass is 19.3. The van der Waals surface area contributed by atoms with Crippen molar-refractivity contribution in [1.29, 1.82) is 0 Å². The number of halogens is 2. The van der Waals surface area contributed by atoms with Gasteiger partial charge in [0.25, 0.3) is 0 Å². The first-order valence-electron chi connectivity index (χ1n) is 6.02. The van der Waals surface area contributed by atoms with Crippen molar-refractivity contribution >= 4 is 0 Å². The number of hydrogen-bond donors (Lipinski definition) is 1. The molecule has 0 fully saturated rings. The van der Waals surface area contributed by atoms with Crippen LogP contribution in [0.5, 0.6) is 0 Å². The molecule has 1 aliphatic heterocycles. The van der Waals surface area contributed by atoms with Crippen LogP contribution >= 0.6 is 0 Å². The van der Waals surface area contributed by atoms with Crippen LogP contribution in [0.1, 0.15) is 43.4 Å². The summed E-state index contributed by atoms with van der Waals surface area (Å²) in [7, 11) is 0. The lowest BCUT2D eigenvalue weighted by Gasteiger charge is -2.31. The predicted octanol–water partition coefficient (Wildman–Crippen LogP) is 3.44. The maximum Gasteiger partial charge on any atom is 0.246 e. The molecule has 0 unspecified atom stereocenters. The van der Waals surface area contributed by atoms with Crippen molar-refractivity contribution in [3.8, 4) is 0 Å². The highest BCUT2D eigenvalue weighted by Crippen LogP contribution is 2.35. The predicted molar refractivity (Wildman–Crippen MR) is 65.6 cm³/mol. The van der Waals surface area contributed by atoms with Gasteiger partial charge in [0, 0.05) is 13.1 Å². The molecule has 0 amide bonds. The van der Waals surface area contributed by atoms with Crippen molar-refractivity contribution in [1.82, 2.24) is 5.32 Å². The molecule has 0 aromatic heterocycles. The Morgan fingerprint density at radius 2 is 2.00 bits per heavy atom. The number of alkyl halides is 2. The third kappa shape index (κ3) is 2.34. The molecule has 3 heteroatoms. The molecule has 1 N–H and O–H groups in total. The van der Waals surface area contributed by atoms with Gasteiger partial charge in [0.2, 0.25) is 6.43 Å². The summed E-state index contributed by atoms with van der Waals surface area (Å²) in [6.07, 6.45) is -2.29. The van der Waals surface area contributed by atoms with Gasteiger partial charge in [0.15, 0.2) is 0 Å². The lowest BCUT2D eigenvalue weighted by atomic mass is 9.78. The molecule has 0 spiro atoms. The Morgan fingerprint density at radius 3 is 2.59 bits per heavy atom. The second-order valence-corrected chi connectivity index (χ2v) is 5.70. The third-order valence-electron chi connectivity index (χ3n) is 3.39. The first-order chi connectivity index (χ1) is 7.91. The van der Waals surface area contributed by atoms with E-state index in [2.05, 4.69) is 26.1 Å². The highest BCUT2D eigenvalue weighted by molar-refractivity contribution is 5.42. The molecule has 17 heavy (non-hydrogen) atoms. The van der Waals surface area contributed by atoms with Crippen LogP contribution in [0.15, 0.2) is 18.2 Å². The molecule has 1 nitrogen and oxygen atoms in total. The van der Waals surface area contributed by atoms with Gasteiger partial charge in [0.05, 0.1) is 5.92 Å². The fourth-order valence-corrected chi connectivity index (χ4v) is 2.54. The van der Waals surface area contributed by atoms with Crippen LogP contribution in [-0.2, 0) is 12.0 Å². The molecule has 1 heterocycles. The van der Waals surface area contributed by atoms with E-state index < -0.39 is 12.3 Å². The molecule has 1 aromatic rings. The summed E-state index contributed by atoms with van der Waals surface area (Å²) in [5.74, 6) is -0.666. The van der Waals surface area contributed by atoms with Gasteiger partial charge in [-0.1, -0.05) is 39.0 Å². The maximum absolute atomic E-state index is 13.0. The molecule has 2 rings (SSSR count). The van der Waals surface area contributed by atoms with Crippen LogP contribution in [0.3, 0.4) is 0 Å². The molecule has 94 valence electrons. The molecule has 1 atom stereocenters. The lowest BCUT2D eigenvalue weighted by molar-refractivity contribution is 0.109. The molecule has 0 saturated heterocycles. The summed E-state index contributed by atoms with van der Waals surface area (Å²) in [6.45, 7) is 7.43. The smallest absolute Gasteiger partial charge is 0.246 e. The Hall–Kier alpha value is -0.960. The van der Waals surface area contributed by atoms with Crippen LogP contribution in [0.2, 0.25) is 0 Å². The van der Waals surface area contributed by atoms with Crippen LogP contribution in [0.4, 0.5) is 8.78 Å². The molecule has 1 aromatic carbocycles. The van der Waals surface area contributed by atoms with Crippen molar-refractivity contribution in [3.63, 3.8) is 0 Å². The fourth-order valence-electron chi connectivity index (χ4n) is 2.54. The standard InChI is InChI=1S/C14H19F2N/c1-14(2,3)12-6-4-5-9-10(12)7-17-8-11(9)13(15)16/h4-6,11,13,17H,7-8H2,1-3H3/t11-/m0/s1. The number of hydrogen-bond acceptors (Lipinski definition) is 1. The minimum absolute atomic E-state index is 0.00294. The van der Waals surface area contributed by atoms with E-state index in [4.69, 9.17) is 0 Å². The van der Waals surface area contributed by atoms with Crippen molar-refractivity contribution in [2.24, 2.45) is 0 Å². The van der Waals surface area contributed by atoms with Gasteiger partial charge < -0.3 is 5.32 Å². The van der Waals surface area contributed by atoms with Crippen molar-refractivity contribution in [2.45, 2.75) is 45.1 Å². The topological polar surface area (TPSA) is 12.0 Å². The minimum atomic E-state index is -2.29. The molecule has 1 aliphatic rings. The minimum Gasteiger partial charge on any atom is -0.312 e. The zero-order valence-corrected chi connectivity index (χ0v) is 10.6. The maximum atomic E-state index is 13.0. The van der Waals surface area contributed by atoms with Gasteiger partial charge in [-0.3, -0.25) is 0 Å². The summed E-state index contributed by atoms with van der Waals surface area (Å²) in [5, 5.41) is 3.10. The second kappa shape index (κ2) is 4.37. The van der Waals surface area contributed by atoms with E-state index in [1.165, 1.54) is 5.56 Å². The molecule has 0 bridgehead atoms. The SMILES string of the molecule is CC(C)(C)c1cccc2c1CNC[C@@H]2C(F)F. The Morgan fingerprint density at radius 1 is 1.29 bits per heavy atom. The average Bonchev–Trinajstić information content (AvgIpc) is 2.26. The monoisotopic (exact) mass is 239 g/mol. The van der Waals surface area contributed by atoms with Crippen molar-refractivity contribution < 1.29 is 8.78 Å². The summed E-state index contributed by atoms with van der Waals surface area (Å²) in [5.41, 5.74) is 3.06. The van der Waals surface area contributed by atoms with Crippen LogP contribution in [0.25, 0.3) is 0 Å². The average molecular weight is 239 g/mol. The zero-order valence-electron chi connectivity index (χ0n) is 10.6. The summed E-state index contributed by atoms with van der Waals surface area (Å²) < 4.78 is 26.0. The van der Waals surface area contributed by atoms with Crippen LogP contribution < -0.4 is 5.32 Å². The van der Waals surface area contributed by atoms with Gasteiger partial charge in [-0.15, -0.1) is 0 Å². The third-order valence-corrected chi connectivity index (χ3v) is 3.39. The van der Waals surface area contributed by atoms with Crippen LogP contribution in [0, 0.1) is 0 Å². The van der Waals surface area contributed by atoms with Gasteiger partial charge in [-0.25, -0.2) is 8.78 Å². The van der Waals surface area contributed by atoms with Gasteiger partial charge in [0.1, 0.15) is 0 Å². The number of rotatable bonds is 1. The van der Waals surface area contributed by atoms with E-state index in [1.807, 2.05) is 18.2 Å². The van der Waals surface area contributed by atoms with Gasteiger partial charge in [-0.05, 0) is 22.1 Å². The number of fused-ring (bicyclic) bond motifs is 1. The first-order valence-corrected chi connectivity index (χ1v) is 6.02. The van der Waals surface area contributed by atoms with E-state index in [1.54, 1.807) is 0 Å². The Bertz CT molecular complexity index is 407. The summed E-state index contributed by atoms with van der Waals surface area (Å²) in [4.78, 5) is 0. The highest BCUT2D eigenvalue weighted by Gasteiger charge is 2.30. The summed E-state index contributed by atoms with van der Waals surface area (Å²) >= 11 is 0. The second-order valence-electron chi connectivity index (χ2n) is 5.70. The quantitative estimate of drug-likeness (QED) is 0.791. The lowest BCUT2D eigenvalue weighted by Crippen LogP contribution is -2.34. The van der Waals surface area contributed by atoms with Gasteiger partial charge >= 0.3 is 0 Å². The number of benzene rings is 1. The van der Waals surface area contributed by atoms with E-state index in [9.17, 15) is 8.78 Å². The molecule has 0 aliphatic carbocycles. The Balaban J connectivity index is 2.51. The van der Waals surface area contributed by atoms with E-state index in [-0.39, 0.29) is 5.41 Å². The van der Waals surface area contributed by atoms with Crippen molar-refractivity contribution in [2.75, 3.05) is 6.54 Å². The first kappa shape index (κ1) is 12.5.